The van der Waals surface area contributed by atoms with E-state index in [4.69, 9.17) is 13.9 Å². The van der Waals surface area contributed by atoms with Crippen LogP contribution in [-0.2, 0) is 35.2 Å². The van der Waals surface area contributed by atoms with Gasteiger partial charge in [0.2, 0.25) is 0 Å². The quantitative estimate of drug-likeness (QED) is 0.314. The molecule has 0 saturated carbocycles. The molecule has 1 aliphatic heterocycles. The van der Waals surface area contributed by atoms with Crippen LogP contribution in [0.2, 0.25) is 0 Å². The fourth-order valence-electron chi connectivity index (χ4n) is 3.66. The highest BCUT2D eigenvalue weighted by Gasteiger charge is 2.36. The number of esters is 2. The summed E-state index contributed by atoms with van der Waals surface area (Å²) in [5, 5.41) is 4.88. The first-order chi connectivity index (χ1) is 17.7. The average Bonchev–Trinajstić information content (AvgIpc) is 3.43. The summed E-state index contributed by atoms with van der Waals surface area (Å²) in [5.41, 5.74) is 1.44. The van der Waals surface area contributed by atoms with Crippen LogP contribution < -0.4 is 10.6 Å². The van der Waals surface area contributed by atoms with Gasteiger partial charge >= 0.3 is 23.8 Å². The van der Waals surface area contributed by atoms with Crippen molar-refractivity contribution in [2.75, 3.05) is 25.6 Å². The van der Waals surface area contributed by atoms with Crippen LogP contribution in [0.3, 0.4) is 0 Å². The van der Waals surface area contributed by atoms with Crippen molar-refractivity contribution in [1.29, 1.82) is 0 Å². The summed E-state index contributed by atoms with van der Waals surface area (Å²) in [7, 11) is 1.24. The highest BCUT2D eigenvalue weighted by Crippen LogP contribution is 2.31. The number of carbonyl (C=O) groups excluding carboxylic acids is 5. The van der Waals surface area contributed by atoms with Gasteiger partial charge in [-0.25, -0.2) is 9.59 Å². The molecule has 0 saturated heterocycles. The predicted molar refractivity (Wildman–Crippen MR) is 132 cm³/mol. The zero-order valence-corrected chi connectivity index (χ0v) is 20.9. The lowest BCUT2D eigenvalue weighted by atomic mass is 10.1. The smallest absolute Gasteiger partial charge is 0.340 e. The van der Waals surface area contributed by atoms with Crippen LogP contribution in [0.5, 0.6) is 0 Å². The van der Waals surface area contributed by atoms with E-state index in [9.17, 15) is 24.0 Å². The molecule has 2 aromatic rings. The van der Waals surface area contributed by atoms with E-state index >= 15 is 0 Å². The molecule has 0 unspecified atom stereocenters. The molecule has 1 aromatic heterocycles. The van der Waals surface area contributed by atoms with Crippen LogP contribution in [0.1, 0.15) is 42.6 Å². The Morgan fingerprint density at radius 1 is 1.00 bits per heavy atom. The SMILES string of the molecule is CCOC(=O)c1ccc(NC(=O)C(=O)NCc2ccc(/C=C3/C(=O)N(CC)C(C)=C3C(=O)OC)o2)cc1. The van der Waals surface area contributed by atoms with Crippen molar-refractivity contribution < 1.29 is 37.9 Å². The zero-order chi connectivity index (χ0) is 27.1. The van der Waals surface area contributed by atoms with E-state index in [1.54, 1.807) is 32.9 Å². The number of carbonyl (C=O) groups is 5. The molecule has 2 heterocycles. The highest BCUT2D eigenvalue weighted by molar-refractivity contribution is 6.39. The van der Waals surface area contributed by atoms with E-state index in [1.807, 2.05) is 0 Å². The van der Waals surface area contributed by atoms with E-state index in [-0.39, 0.29) is 36.0 Å². The number of methoxy groups -OCH3 is 1. The number of amides is 3. The fraction of sp³-hybridized carbons (Fsp3) is 0.269. The monoisotopic (exact) mass is 509 g/mol. The van der Waals surface area contributed by atoms with Crippen LogP contribution in [0, 0.1) is 0 Å². The lowest BCUT2D eigenvalue weighted by molar-refractivity contribution is -0.136. The third-order valence-corrected chi connectivity index (χ3v) is 5.47. The Bertz CT molecular complexity index is 1290. The van der Waals surface area contributed by atoms with Crippen LogP contribution in [0.15, 0.2) is 57.7 Å². The molecule has 0 fully saturated rings. The minimum atomic E-state index is -0.905. The van der Waals surface area contributed by atoms with Gasteiger partial charge in [0.15, 0.2) is 0 Å². The van der Waals surface area contributed by atoms with Gasteiger partial charge in [-0.3, -0.25) is 14.4 Å². The van der Waals surface area contributed by atoms with Crippen LogP contribution in [0.25, 0.3) is 6.08 Å². The van der Waals surface area contributed by atoms with Crippen molar-refractivity contribution in [2.24, 2.45) is 0 Å². The zero-order valence-electron chi connectivity index (χ0n) is 20.9. The van der Waals surface area contributed by atoms with E-state index in [0.29, 0.717) is 29.3 Å². The van der Waals surface area contributed by atoms with Gasteiger partial charge in [0.1, 0.15) is 11.5 Å². The summed E-state index contributed by atoms with van der Waals surface area (Å²) in [6.07, 6.45) is 1.44. The van der Waals surface area contributed by atoms with Crippen LogP contribution in [-0.4, -0.2) is 54.8 Å². The number of allylic oxidation sites excluding steroid dienone is 1. The minimum absolute atomic E-state index is 0.0923. The van der Waals surface area contributed by atoms with Crippen LogP contribution >= 0.6 is 0 Å². The lowest BCUT2D eigenvalue weighted by Gasteiger charge is -2.14. The van der Waals surface area contributed by atoms with E-state index < -0.39 is 23.8 Å². The summed E-state index contributed by atoms with van der Waals surface area (Å²) in [5.74, 6) is -2.67. The van der Waals surface area contributed by atoms with Gasteiger partial charge in [-0.05, 0) is 63.2 Å². The predicted octanol–water partition coefficient (Wildman–Crippen LogP) is 2.40. The third-order valence-electron chi connectivity index (χ3n) is 5.47. The summed E-state index contributed by atoms with van der Waals surface area (Å²) in [6, 6.07) is 9.05. The molecule has 0 aliphatic carbocycles. The number of anilines is 1. The summed E-state index contributed by atoms with van der Waals surface area (Å²) < 4.78 is 15.4. The summed E-state index contributed by atoms with van der Waals surface area (Å²) in [4.78, 5) is 62.6. The molecule has 3 amide bonds. The number of nitrogens with one attached hydrogen (secondary N) is 2. The molecule has 0 bridgehead atoms. The Hall–Kier alpha value is -4.67. The van der Waals surface area contributed by atoms with Gasteiger partial charge < -0.3 is 29.4 Å². The molecule has 0 radical (unpaired) electrons. The van der Waals surface area contributed by atoms with E-state index in [1.165, 1.54) is 42.4 Å². The maximum absolute atomic E-state index is 12.8. The number of hydrogen-bond donors (Lipinski definition) is 2. The van der Waals surface area contributed by atoms with Crippen molar-refractivity contribution in [3.63, 3.8) is 0 Å². The molecule has 3 rings (SSSR count). The fourth-order valence-corrected chi connectivity index (χ4v) is 3.66. The normalized spacial score (nSPS) is 14.1. The molecule has 37 heavy (non-hydrogen) atoms. The first-order valence-electron chi connectivity index (χ1n) is 11.5. The van der Waals surface area contributed by atoms with E-state index in [2.05, 4.69) is 10.6 Å². The molecular weight excluding hydrogens is 482 g/mol. The third kappa shape index (κ3) is 6.13. The lowest BCUT2D eigenvalue weighted by Crippen LogP contribution is -2.34. The number of ether oxygens (including phenoxy) is 2. The number of nitrogens with zero attached hydrogens (tertiary/aromatic N) is 1. The van der Waals surface area contributed by atoms with Crippen LogP contribution in [0.4, 0.5) is 5.69 Å². The minimum Gasteiger partial charge on any atom is -0.465 e. The van der Waals surface area contributed by atoms with Crippen molar-refractivity contribution in [3.05, 3.63) is 70.3 Å². The number of hydrogen-bond acceptors (Lipinski definition) is 8. The van der Waals surface area contributed by atoms with Gasteiger partial charge in [0, 0.05) is 17.9 Å². The highest BCUT2D eigenvalue weighted by atomic mass is 16.5. The number of furan rings is 1. The Morgan fingerprint density at radius 3 is 2.32 bits per heavy atom. The largest absolute Gasteiger partial charge is 0.465 e. The topological polar surface area (TPSA) is 144 Å². The van der Waals surface area contributed by atoms with Gasteiger partial charge in [-0.15, -0.1) is 0 Å². The average molecular weight is 510 g/mol. The molecule has 11 heteroatoms. The number of likely N-dealkylation sites (N-methyl/N-ethyl adjacent to an activating group) is 1. The Morgan fingerprint density at radius 2 is 1.70 bits per heavy atom. The van der Waals surface area contributed by atoms with E-state index in [0.717, 1.165) is 0 Å². The van der Waals surface area contributed by atoms with Crippen molar-refractivity contribution in [2.45, 2.75) is 27.3 Å². The number of benzene rings is 1. The molecule has 1 aromatic carbocycles. The van der Waals surface area contributed by atoms with Crippen molar-refractivity contribution in [1.82, 2.24) is 10.2 Å². The second-order valence-corrected chi connectivity index (χ2v) is 7.80. The van der Waals surface area contributed by atoms with Gasteiger partial charge in [-0.1, -0.05) is 0 Å². The maximum atomic E-state index is 12.8. The molecule has 1 aliphatic rings. The summed E-state index contributed by atoms with van der Waals surface area (Å²) in [6.45, 7) is 5.69. The first-order valence-corrected chi connectivity index (χ1v) is 11.5. The summed E-state index contributed by atoms with van der Waals surface area (Å²) >= 11 is 0. The molecule has 0 spiro atoms. The van der Waals surface area contributed by atoms with Crippen molar-refractivity contribution >= 4 is 41.4 Å². The first kappa shape index (κ1) is 26.9. The van der Waals surface area contributed by atoms with Gasteiger partial charge in [-0.2, -0.15) is 0 Å². The molecule has 194 valence electrons. The number of rotatable bonds is 8. The molecule has 0 atom stereocenters. The van der Waals surface area contributed by atoms with Crippen molar-refractivity contribution in [3.8, 4) is 0 Å². The Kier molecular flexibility index (Phi) is 8.62. The van der Waals surface area contributed by atoms with Gasteiger partial charge in [0.25, 0.3) is 5.91 Å². The second kappa shape index (κ2) is 11.8. The Labute approximate surface area is 213 Å². The molecule has 11 nitrogen and oxygen atoms in total. The van der Waals surface area contributed by atoms with Gasteiger partial charge in [0.05, 0.1) is 37.0 Å². The second-order valence-electron chi connectivity index (χ2n) is 7.80. The maximum Gasteiger partial charge on any atom is 0.340 e. The standard InChI is InChI=1S/C26H27N3O8/c1-5-29-15(3)21(26(34)35-4)20(24(29)32)13-18-11-12-19(37-18)14-27-22(30)23(31)28-17-9-7-16(8-10-17)25(33)36-6-2/h7-13H,5-6,14H2,1-4H3,(H,27,30)(H,28,31)/b20-13+. The molecule has 2 N–H and O–H groups in total. The molecular formula is C26H27N3O8. The Balaban J connectivity index is 1.61.